The second kappa shape index (κ2) is 12.9. The SMILES string of the molecule is COC(=O)c1ccc2c(c1)N(C[C@@H]1CC[C@H]1CN(C)C(=O)CC(C)C(C)S(N)(=O)=O)C[C@@]1(CCCc3cc(Cl)ccc31)CO2. The molecule has 2 aromatic rings. The molecule has 9 nitrogen and oxygen atoms in total. The zero-order valence-electron chi connectivity index (χ0n) is 26.1. The molecular formula is C33H44ClN3O6S. The maximum Gasteiger partial charge on any atom is 0.337 e. The van der Waals surface area contributed by atoms with E-state index < -0.39 is 21.2 Å². The minimum Gasteiger partial charge on any atom is -0.490 e. The Bertz CT molecular complexity index is 1520. The first kappa shape index (κ1) is 32.6. The van der Waals surface area contributed by atoms with Crippen LogP contribution in [0.25, 0.3) is 0 Å². The first-order valence-electron chi connectivity index (χ1n) is 15.5. The van der Waals surface area contributed by atoms with Gasteiger partial charge in [0.15, 0.2) is 0 Å². The molecule has 1 spiro atoms. The Labute approximate surface area is 266 Å². The van der Waals surface area contributed by atoms with Crippen LogP contribution < -0.4 is 14.8 Å². The molecule has 0 saturated heterocycles. The lowest BCUT2D eigenvalue weighted by Crippen LogP contribution is -2.49. The Morgan fingerprint density at radius 3 is 2.61 bits per heavy atom. The Kier molecular flexibility index (Phi) is 9.54. The highest BCUT2D eigenvalue weighted by Crippen LogP contribution is 2.46. The lowest BCUT2D eigenvalue weighted by Gasteiger charge is -2.45. The van der Waals surface area contributed by atoms with E-state index in [1.165, 1.54) is 18.2 Å². The van der Waals surface area contributed by atoms with E-state index in [-0.39, 0.29) is 23.7 Å². The highest BCUT2D eigenvalue weighted by Gasteiger charge is 2.43. The maximum absolute atomic E-state index is 13.0. The number of benzene rings is 2. The summed E-state index contributed by atoms with van der Waals surface area (Å²) in [7, 11) is -0.530. The normalized spacial score (nSPS) is 24.2. The van der Waals surface area contributed by atoms with Gasteiger partial charge < -0.3 is 19.3 Å². The minimum atomic E-state index is -3.71. The fourth-order valence-electron chi connectivity index (χ4n) is 7.14. The summed E-state index contributed by atoms with van der Waals surface area (Å²) in [4.78, 5) is 29.7. The van der Waals surface area contributed by atoms with Crippen molar-refractivity contribution in [2.45, 2.75) is 63.0 Å². The van der Waals surface area contributed by atoms with Gasteiger partial charge in [0.25, 0.3) is 0 Å². The number of nitrogens with zero attached hydrogens (tertiary/aromatic N) is 2. The number of halogens is 1. The van der Waals surface area contributed by atoms with Crippen LogP contribution >= 0.6 is 11.6 Å². The van der Waals surface area contributed by atoms with Crippen LogP contribution in [-0.2, 0) is 31.4 Å². The average molecular weight is 646 g/mol. The second-order valence-electron chi connectivity index (χ2n) is 13.1. The highest BCUT2D eigenvalue weighted by atomic mass is 35.5. The number of primary sulfonamides is 1. The number of hydrogen-bond acceptors (Lipinski definition) is 7. The molecule has 2 aliphatic carbocycles. The van der Waals surface area contributed by atoms with Gasteiger partial charge in [0.1, 0.15) is 5.75 Å². The molecule has 1 saturated carbocycles. The van der Waals surface area contributed by atoms with Gasteiger partial charge in [-0.15, -0.1) is 0 Å². The minimum absolute atomic E-state index is 0.0775. The zero-order valence-corrected chi connectivity index (χ0v) is 27.6. The molecule has 0 radical (unpaired) electrons. The molecule has 5 rings (SSSR count). The van der Waals surface area contributed by atoms with Crippen molar-refractivity contribution >= 4 is 39.2 Å². The van der Waals surface area contributed by atoms with Crippen molar-refractivity contribution in [1.82, 2.24) is 4.90 Å². The third kappa shape index (κ3) is 6.72. The number of hydrogen-bond donors (Lipinski definition) is 1. The van der Waals surface area contributed by atoms with Crippen LogP contribution in [0.15, 0.2) is 36.4 Å². The van der Waals surface area contributed by atoms with Gasteiger partial charge in [-0.05, 0) is 98.2 Å². The first-order valence-corrected chi connectivity index (χ1v) is 17.4. The number of sulfonamides is 1. The standard InChI is InChI=1S/C33H44ClN3O6S/c1-21(22(2)44(35,40)41)14-31(38)36(3)17-25-7-8-26(25)18-37-19-33(13-5-6-23-15-27(34)10-11-28(23)33)20-43-30-12-9-24(16-29(30)37)32(39)42-4/h9-12,15-16,21-22,25-26H,5-8,13-14,17-20H2,1-4H3,(H2,35,40,41)/t21?,22?,25-,26-,33-/m0/s1. The summed E-state index contributed by atoms with van der Waals surface area (Å²) in [6, 6.07) is 11.7. The third-order valence-electron chi connectivity index (χ3n) is 10.2. The number of aryl methyl sites for hydroxylation is 1. The molecule has 44 heavy (non-hydrogen) atoms. The Balaban J connectivity index is 1.37. The molecule has 2 aromatic carbocycles. The predicted molar refractivity (Wildman–Crippen MR) is 172 cm³/mol. The average Bonchev–Trinajstić information content (AvgIpc) is 3.13. The van der Waals surface area contributed by atoms with E-state index in [0.29, 0.717) is 30.6 Å². The molecule has 240 valence electrons. The number of anilines is 1. The smallest absolute Gasteiger partial charge is 0.337 e. The van der Waals surface area contributed by atoms with E-state index in [9.17, 15) is 18.0 Å². The fourth-order valence-corrected chi connectivity index (χ4v) is 8.07. The van der Waals surface area contributed by atoms with Crippen molar-refractivity contribution in [2.24, 2.45) is 22.9 Å². The summed E-state index contributed by atoms with van der Waals surface area (Å²) >= 11 is 6.39. The highest BCUT2D eigenvalue weighted by molar-refractivity contribution is 7.89. The largest absolute Gasteiger partial charge is 0.490 e. The Hall–Kier alpha value is -2.82. The van der Waals surface area contributed by atoms with Gasteiger partial charge in [-0.2, -0.15) is 0 Å². The van der Waals surface area contributed by atoms with E-state index in [4.69, 9.17) is 26.2 Å². The van der Waals surface area contributed by atoms with E-state index in [1.54, 1.807) is 31.9 Å². The zero-order chi connectivity index (χ0) is 31.8. The molecule has 1 fully saturated rings. The molecule has 5 atom stereocenters. The molecule has 3 aliphatic rings. The summed E-state index contributed by atoms with van der Waals surface area (Å²) in [5, 5.41) is 5.27. The van der Waals surface area contributed by atoms with Gasteiger partial charge in [0.05, 0.1) is 30.2 Å². The molecule has 2 unspecified atom stereocenters. The van der Waals surface area contributed by atoms with Crippen molar-refractivity contribution in [3.63, 3.8) is 0 Å². The molecule has 1 amide bonds. The summed E-state index contributed by atoms with van der Waals surface area (Å²) < 4.78 is 35.1. The van der Waals surface area contributed by atoms with Gasteiger partial charge in [-0.3, -0.25) is 4.79 Å². The molecule has 1 aliphatic heterocycles. The van der Waals surface area contributed by atoms with Crippen LogP contribution in [-0.4, -0.2) is 70.8 Å². The van der Waals surface area contributed by atoms with Crippen LogP contribution in [0.5, 0.6) is 5.75 Å². The molecule has 0 bridgehead atoms. The first-order chi connectivity index (χ1) is 20.8. The summed E-state index contributed by atoms with van der Waals surface area (Å²) in [6.45, 7) is 5.93. The molecular weight excluding hydrogens is 602 g/mol. The number of nitrogens with two attached hydrogens (primary N) is 1. The molecule has 2 N–H and O–H groups in total. The van der Waals surface area contributed by atoms with Crippen LogP contribution in [0.3, 0.4) is 0 Å². The van der Waals surface area contributed by atoms with E-state index in [1.807, 2.05) is 18.2 Å². The van der Waals surface area contributed by atoms with Crippen LogP contribution in [0.4, 0.5) is 5.69 Å². The van der Waals surface area contributed by atoms with Gasteiger partial charge >= 0.3 is 5.97 Å². The number of ether oxygens (including phenoxy) is 2. The number of methoxy groups -OCH3 is 1. The van der Waals surface area contributed by atoms with Crippen LogP contribution in [0.2, 0.25) is 5.02 Å². The summed E-state index contributed by atoms with van der Waals surface area (Å²) in [6.07, 6.45) is 5.18. The van der Waals surface area contributed by atoms with Crippen LogP contribution in [0.1, 0.15) is 67.4 Å². The molecule has 0 aromatic heterocycles. The lowest BCUT2D eigenvalue weighted by atomic mass is 9.69. The van der Waals surface area contributed by atoms with E-state index in [2.05, 4.69) is 17.0 Å². The van der Waals surface area contributed by atoms with E-state index >= 15 is 0 Å². The summed E-state index contributed by atoms with van der Waals surface area (Å²) in [5.41, 5.74) is 3.67. The molecule has 1 heterocycles. The topological polar surface area (TPSA) is 119 Å². The third-order valence-corrected chi connectivity index (χ3v) is 12.0. The fraction of sp³-hybridized carbons (Fsp3) is 0.576. The Morgan fingerprint density at radius 2 is 1.93 bits per heavy atom. The maximum atomic E-state index is 13.0. The van der Waals surface area contributed by atoms with Crippen molar-refractivity contribution in [2.75, 3.05) is 45.3 Å². The number of fused-ring (bicyclic) bond motifs is 3. The van der Waals surface area contributed by atoms with Crippen molar-refractivity contribution in [3.8, 4) is 5.75 Å². The van der Waals surface area contributed by atoms with Gasteiger partial charge in [0, 0.05) is 43.5 Å². The second-order valence-corrected chi connectivity index (χ2v) is 15.5. The number of amides is 1. The number of rotatable bonds is 9. The van der Waals surface area contributed by atoms with Crippen molar-refractivity contribution in [1.29, 1.82) is 0 Å². The summed E-state index contributed by atoms with van der Waals surface area (Å²) in [5.74, 6) is 0.545. The Morgan fingerprint density at radius 1 is 1.18 bits per heavy atom. The van der Waals surface area contributed by atoms with Gasteiger partial charge in [-0.1, -0.05) is 24.6 Å². The molecule has 11 heteroatoms. The quantitative estimate of drug-likeness (QED) is 0.390. The van der Waals surface area contributed by atoms with E-state index in [0.717, 1.165) is 61.7 Å². The lowest BCUT2D eigenvalue weighted by molar-refractivity contribution is -0.132. The van der Waals surface area contributed by atoms with Crippen LogP contribution in [0, 0.1) is 17.8 Å². The monoisotopic (exact) mass is 645 g/mol. The number of carbonyl (C=O) groups is 2. The van der Waals surface area contributed by atoms with Gasteiger partial charge in [0.2, 0.25) is 15.9 Å². The van der Waals surface area contributed by atoms with Crippen molar-refractivity contribution < 1.29 is 27.5 Å². The number of esters is 1. The van der Waals surface area contributed by atoms with Gasteiger partial charge in [-0.25, -0.2) is 18.4 Å². The number of carbonyl (C=O) groups excluding carboxylic acids is 2. The predicted octanol–water partition coefficient (Wildman–Crippen LogP) is 4.79. The van der Waals surface area contributed by atoms with Crippen molar-refractivity contribution in [3.05, 3.63) is 58.1 Å².